The van der Waals surface area contributed by atoms with Gasteiger partial charge in [-0.3, -0.25) is 4.79 Å². The zero-order valence-corrected chi connectivity index (χ0v) is 15.3. The molecule has 7 heteroatoms. The van der Waals surface area contributed by atoms with Crippen LogP contribution in [0.3, 0.4) is 0 Å². The quantitative estimate of drug-likeness (QED) is 0.760. The van der Waals surface area contributed by atoms with Crippen molar-refractivity contribution in [2.75, 3.05) is 0 Å². The first-order valence-electron chi connectivity index (χ1n) is 7.06. The summed E-state index contributed by atoms with van der Waals surface area (Å²) in [5.41, 5.74) is 0.519. The van der Waals surface area contributed by atoms with Gasteiger partial charge < -0.3 is 0 Å². The van der Waals surface area contributed by atoms with E-state index < -0.39 is 20.3 Å². The van der Waals surface area contributed by atoms with Crippen molar-refractivity contribution in [1.29, 1.82) is 0 Å². The second-order valence-electron chi connectivity index (χ2n) is 5.74. The van der Waals surface area contributed by atoms with Gasteiger partial charge in [-0.2, -0.15) is 12.8 Å². The van der Waals surface area contributed by atoms with Crippen molar-refractivity contribution in [3.8, 4) is 0 Å². The number of alkyl halides is 2. The van der Waals surface area contributed by atoms with E-state index in [1.54, 1.807) is 39.0 Å². The zero-order valence-electron chi connectivity index (χ0n) is 13.0. The molecule has 0 N–H and O–H groups in total. The normalized spacial score (nSPS) is 27.4. The summed E-state index contributed by atoms with van der Waals surface area (Å²) >= 11 is 12.8. The molecule has 1 aliphatic carbocycles. The monoisotopic (exact) mass is 373 g/mol. The van der Waals surface area contributed by atoms with Gasteiger partial charge in [-0.15, -0.1) is 23.2 Å². The number of ketones is 1. The summed E-state index contributed by atoms with van der Waals surface area (Å²) in [6.45, 7) is 5.12. The number of allylic oxidation sites excluding steroid dienone is 2. The summed E-state index contributed by atoms with van der Waals surface area (Å²) in [4.78, 5) is 10.9. The number of benzene rings is 1. The average molecular weight is 374 g/mol. The van der Waals surface area contributed by atoms with Gasteiger partial charge in [0, 0.05) is 0 Å². The van der Waals surface area contributed by atoms with Gasteiger partial charge in [-0.25, -0.2) is 0 Å². The van der Waals surface area contributed by atoms with E-state index >= 15 is 0 Å². The molecule has 0 aromatic heterocycles. The lowest BCUT2D eigenvalue weighted by molar-refractivity contribution is -0.118. The first kappa shape index (κ1) is 18.2. The van der Waals surface area contributed by atoms with Gasteiger partial charge in [0.2, 0.25) is 0 Å². The van der Waals surface area contributed by atoms with E-state index in [0.29, 0.717) is 5.57 Å². The van der Waals surface area contributed by atoms with Crippen LogP contribution in [0.2, 0.25) is 0 Å². The van der Waals surface area contributed by atoms with E-state index in [0.717, 1.165) is 0 Å². The molecule has 0 amide bonds. The Balaban J connectivity index is 2.58. The van der Waals surface area contributed by atoms with E-state index in [-0.39, 0.29) is 22.3 Å². The predicted octanol–water partition coefficient (Wildman–Crippen LogP) is 3.59. The maximum absolute atomic E-state index is 12.5. The summed E-state index contributed by atoms with van der Waals surface area (Å²) in [6, 6.07) is 7.83. The van der Waals surface area contributed by atoms with Gasteiger partial charge in [-0.1, -0.05) is 32.0 Å². The van der Waals surface area contributed by atoms with Gasteiger partial charge in [0.25, 0.3) is 10.0 Å². The molecule has 0 bridgehead atoms. The van der Waals surface area contributed by atoms with Gasteiger partial charge in [-0.05, 0) is 36.6 Å². The second kappa shape index (κ2) is 6.38. The fourth-order valence-electron chi connectivity index (χ4n) is 2.38. The Kier molecular flexibility index (Phi) is 5.04. The molecule has 0 saturated heterocycles. The standard InChI is InChI=1S/C16H17Cl2NO3S/c1-10(2)16(18)13(20)9-11(3)14(15(16)17)19-23(21,22)12-7-5-4-6-8-12/h4-10,15H,1-3H3/t15-,16+/m1/s1. The van der Waals surface area contributed by atoms with Gasteiger partial charge >= 0.3 is 0 Å². The molecule has 124 valence electrons. The van der Waals surface area contributed by atoms with E-state index in [9.17, 15) is 13.2 Å². The van der Waals surface area contributed by atoms with Crippen LogP contribution < -0.4 is 0 Å². The minimum Gasteiger partial charge on any atom is -0.293 e. The smallest absolute Gasteiger partial charge is 0.282 e. The Hall–Kier alpha value is -1.17. The lowest BCUT2D eigenvalue weighted by atomic mass is 9.79. The first-order valence-corrected chi connectivity index (χ1v) is 9.32. The summed E-state index contributed by atoms with van der Waals surface area (Å²) in [6.07, 6.45) is 1.31. The Morgan fingerprint density at radius 3 is 2.30 bits per heavy atom. The molecule has 1 aromatic carbocycles. The number of hydrogen-bond acceptors (Lipinski definition) is 3. The Morgan fingerprint density at radius 2 is 1.78 bits per heavy atom. The molecule has 0 saturated carbocycles. The zero-order chi connectivity index (χ0) is 17.4. The molecular weight excluding hydrogens is 357 g/mol. The predicted molar refractivity (Wildman–Crippen MR) is 92.9 cm³/mol. The Labute approximate surface area is 146 Å². The molecule has 0 radical (unpaired) electrons. The summed E-state index contributed by atoms with van der Waals surface area (Å²) in [7, 11) is -3.93. The second-order valence-corrected chi connectivity index (χ2v) is 8.41. The highest BCUT2D eigenvalue weighted by molar-refractivity contribution is 7.90. The van der Waals surface area contributed by atoms with Crippen LogP contribution in [0.5, 0.6) is 0 Å². The molecule has 2 rings (SSSR count). The number of carbonyl (C=O) groups is 1. The van der Waals surface area contributed by atoms with Crippen LogP contribution in [-0.4, -0.2) is 30.2 Å². The lowest BCUT2D eigenvalue weighted by Gasteiger charge is -2.36. The van der Waals surface area contributed by atoms with Crippen LogP contribution >= 0.6 is 23.2 Å². The third-order valence-electron chi connectivity index (χ3n) is 3.84. The molecular formula is C16H17Cl2NO3S. The molecule has 0 aliphatic heterocycles. The van der Waals surface area contributed by atoms with Crippen molar-refractivity contribution >= 4 is 44.7 Å². The van der Waals surface area contributed by atoms with Gasteiger partial charge in [0.05, 0.1) is 10.6 Å². The van der Waals surface area contributed by atoms with E-state index in [4.69, 9.17) is 23.2 Å². The minimum absolute atomic E-state index is 0.0609. The highest BCUT2D eigenvalue weighted by Crippen LogP contribution is 2.39. The average Bonchev–Trinajstić information content (AvgIpc) is 2.50. The highest BCUT2D eigenvalue weighted by atomic mass is 35.5. The van der Waals surface area contributed by atoms with Crippen molar-refractivity contribution in [3.63, 3.8) is 0 Å². The van der Waals surface area contributed by atoms with Crippen molar-refractivity contribution < 1.29 is 13.2 Å². The third kappa shape index (κ3) is 3.23. The molecule has 23 heavy (non-hydrogen) atoms. The van der Waals surface area contributed by atoms with Crippen molar-refractivity contribution in [3.05, 3.63) is 42.0 Å². The van der Waals surface area contributed by atoms with Crippen LogP contribution in [-0.2, 0) is 14.8 Å². The molecule has 0 unspecified atom stereocenters. The maximum atomic E-state index is 12.5. The number of sulfonamides is 1. The molecule has 1 aliphatic rings. The van der Waals surface area contributed by atoms with E-state index in [1.807, 2.05) is 0 Å². The number of nitrogens with zero attached hydrogens (tertiary/aromatic N) is 1. The summed E-state index contributed by atoms with van der Waals surface area (Å²) in [5, 5.41) is -1.03. The van der Waals surface area contributed by atoms with E-state index in [2.05, 4.69) is 4.40 Å². The molecule has 0 spiro atoms. The lowest BCUT2D eigenvalue weighted by Crippen LogP contribution is -2.52. The fraction of sp³-hybridized carbons (Fsp3) is 0.375. The SMILES string of the molecule is CC1=CC(=O)[C@@](Cl)(C(C)C)[C@H](Cl)C1=NS(=O)(=O)c1ccccc1. The maximum Gasteiger partial charge on any atom is 0.282 e. The van der Waals surface area contributed by atoms with Crippen molar-refractivity contribution in [1.82, 2.24) is 0 Å². The number of halogens is 2. The van der Waals surface area contributed by atoms with E-state index in [1.165, 1.54) is 18.2 Å². The Bertz CT molecular complexity index is 785. The van der Waals surface area contributed by atoms with Gasteiger partial charge in [0.15, 0.2) is 5.78 Å². The van der Waals surface area contributed by atoms with Crippen LogP contribution in [0.1, 0.15) is 20.8 Å². The number of rotatable bonds is 3. The summed E-state index contributed by atoms with van der Waals surface area (Å²) in [5.74, 6) is -0.615. The summed E-state index contributed by atoms with van der Waals surface area (Å²) < 4.78 is 28.8. The first-order chi connectivity index (χ1) is 10.6. The largest absolute Gasteiger partial charge is 0.293 e. The van der Waals surface area contributed by atoms with Crippen LogP contribution in [0, 0.1) is 5.92 Å². The topological polar surface area (TPSA) is 63.6 Å². The van der Waals surface area contributed by atoms with Crippen LogP contribution in [0.4, 0.5) is 0 Å². The molecule has 0 fully saturated rings. The van der Waals surface area contributed by atoms with Gasteiger partial charge in [0.1, 0.15) is 10.3 Å². The van der Waals surface area contributed by atoms with Crippen LogP contribution in [0.15, 0.2) is 51.3 Å². The highest BCUT2D eigenvalue weighted by Gasteiger charge is 2.50. The van der Waals surface area contributed by atoms with Crippen molar-refractivity contribution in [2.24, 2.45) is 10.3 Å². The van der Waals surface area contributed by atoms with Crippen LogP contribution in [0.25, 0.3) is 0 Å². The third-order valence-corrected chi connectivity index (χ3v) is 6.65. The molecule has 4 nitrogen and oxygen atoms in total. The fourth-order valence-corrected chi connectivity index (χ4v) is 4.29. The minimum atomic E-state index is -3.93. The molecule has 2 atom stereocenters. The molecule has 0 heterocycles. The van der Waals surface area contributed by atoms with Crippen molar-refractivity contribution in [2.45, 2.75) is 35.9 Å². The number of carbonyl (C=O) groups excluding carboxylic acids is 1. The number of hydrogen-bond donors (Lipinski definition) is 0. The Morgan fingerprint density at radius 1 is 1.22 bits per heavy atom. The molecule has 1 aromatic rings.